The van der Waals surface area contributed by atoms with Crippen LogP contribution in [-0.2, 0) is 4.74 Å². The second-order valence-electron chi connectivity index (χ2n) is 7.23. The minimum Gasteiger partial charge on any atom is -0.444 e. The third-order valence-corrected chi connectivity index (χ3v) is 4.81. The number of nitrogens with one attached hydrogen (secondary N) is 1. The number of aromatic nitrogens is 1. The zero-order valence-corrected chi connectivity index (χ0v) is 15.5. The maximum absolute atomic E-state index is 12.7. The Bertz CT molecular complexity index is 665. The molecule has 2 heterocycles. The largest absolute Gasteiger partial charge is 0.444 e. The predicted octanol–water partition coefficient (Wildman–Crippen LogP) is 5.55. The fraction of sp³-hybridized carbons (Fsp3) is 0.600. The molecule has 1 saturated heterocycles. The van der Waals surface area contributed by atoms with E-state index in [4.69, 9.17) is 4.74 Å². The number of hydrogen-bond donors (Lipinski definition) is 1. The molecule has 0 bridgehead atoms. The van der Waals surface area contributed by atoms with Crippen molar-refractivity contribution < 1.29 is 29.0 Å². The highest BCUT2D eigenvalue weighted by Crippen LogP contribution is 3.02. The minimum absolute atomic E-state index is 0.0753. The highest BCUT2D eigenvalue weighted by Gasteiger charge is 2.65. The van der Waals surface area contributed by atoms with Crippen LogP contribution in [0.1, 0.15) is 33.6 Å². The van der Waals surface area contributed by atoms with Crippen molar-refractivity contribution in [1.29, 1.82) is 0 Å². The molecule has 5 nitrogen and oxygen atoms in total. The maximum atomic E-state index is 12.7. The van der Waals surface area contributed by atoms with Gasteiger partial charge in [-0.05, 0) is 45.7 Å². The number of hydrogen-bond acceptors (Lipinski definition) is 4. The Morgan fingerprint density at radius 1 is 1.19 bits per heavy atom. The van der Waals surface area contributed by atoms with Crippen LogP contribution in [0.2, 0.25) is 0 Å². The molecule has 0 spiro atoms. The van der Waals surface area contributed by atoms with E-state index in [9.17, 15) is 24.2 Å². The number of ether oxygens (including phenoxy) is 1. The number of anilines is 1. The van der Waals surface area contributed by atoms with Gasteiger partial charge in [-0.2, -0.15) is 0 Å². The molecule has 26 heavy (non-hydrogen) atoms. The molecular formula is C15H22F5N3O2S. The van der Waals surface area contributed by atoms with Crippen LogP contribution in [0, 0.1) is 0 Å². The van der Waals surface area contributed by atoms with Crippen LogP contribution in [0.5, 0.6) is 0 Å². The van der Waals surface area contributed by atoms with E-state index < -0.39 is 26.8 Å². The quantitative estimate of drug-likeness (QED) is 0.673. The van der Waals surface area contributed by atoms with Crippen LogP contribution in [0.3, 0.4) is 0 Å². The Hall–Kier alpha value is -1.78. The molecule has 2 rings (SSSR count). The summed E-state index contributed by atoms with van der Waals surface area (Å²) < 4.78 is 68.6. The molecular weight excluding hydrogens is 381 g/mol. The minimum atomic E-state index is -9.70. The lowest BCUT2D eigenvalue weighted by Gasteiger charge is -2.40. The van der Waals surface area contributed by atoms with Gasteiger partial charge in [0.05, 0.1) is 6.20 Å². The van der Waals surface area contributed by atoms with Crippen molar-refractivity contribution in [2.24, 2.45) is 0 Å². The van der Waals surface area contributed by atoms with Gasteiger partial charge in [0, 0.05) is 19.1 Å². The summed E-state index contributed by atoms with van der Waals surface area (Å²) in [6.45, 7) is 6.12. The maximum Gasteiger partial charge on any atom is 0.410 e. The molecule has 150 valence electrons. The van der Waals surface area contributed by atoms with Gasteiger partial charge in [-0.15, -0.1) is 0 Å². The van der Waals surface area contributed by atoms with E-state index in [2.05, 4.69) is 10.3 Å². The van der Waals surface area contributed by atoms with Crippen molar-refractivity contribution in [3.8, 4) is 0 Å². The molecule has 1 aliphatic heterocycles. The van der Waals surface area contributed by atoms with Gasteiger partial charge in [0.1, 0.15) is 16.3 Å². The number of carbonyl (C=O) groups is 1. The summed E-state index contributed by atoms with van der Waals surface area (Å²) in [4.78, 5) is 14.9. The first-order valence-corrected chi connectivity index (χ1v) is 9.93. The summed E-state index contributed by atoms with van der Waals surface area (Å²) in [6, 6.07) is 1.08. The molecule has 1 aliphatic rings. The Kier molecular flexibility index (Phi) is 4.63. The number of carbonyl (C=O) groups excluding carboxylic acids is 1. The Balaban J connectivity index is 1.91. The number of likely N-dealkylation sites (tertiary alicyclic amines) is 1. The van der Waals surface area contributed by atoms with Crippen molar-refractivity contribution >= 4 is 22.1 Å². The topological polar surface area (TPSA) is 54.5 Å². The highest BCUT2D eigenvalue weighted by molar-refractivity contribution is 8.45. The summed E-state index contributed by atoms with van der Waals surface area (Å²) in [7, 11) is -9.70. The van der Waals surface area contributed by atoms with E-state index in [0.717, 1.165) is 6.07 Å². The zero-order valence-electron chi connectivity index (χ0n) is 14.6. The number of halogens is 5. The number of piperidine rings is 1. The number of rotatable bonds is 3. The second kappa shape index (κ2) is 5.86. The van der Waals surface area contributed by atoms with Crippen molar-refractivity contribution in [2.45, 2.75) is 50.2 Å². The van der Waals surface area contributed by atoms with E-state index in [-0.39, 0.29) is 18.1 Å². The SMILES string of the molecule is CC(C)(C)OC(=O)N1CCC(Nc2ccc(S(F)(F)(F)(F)F)cn2)CC1. The Morgan fingerprint density at radius 3 is 2.19 bits per heavy atom. The molecule has 0 aliphatic carbocycles. The van der Waals surface area contributed by atoms with E-state index in [0.29, 0.717) is 32.0 Å². The molecule has 11 heteroatoms. The molecule has 0 radical (unpaired) electrons. The number of pyridine rings is 1. The smallest absolute Gasteiger partial charge is 0.410 e. The first kappa shape index (κ1) is 20.5. The summed E-state index contributed by atoms with van der Waals surface area (Å²) in [6.07, 6.45) is 0.781. The van der Waals surface area contributed by atoms with Crippen LogP contribution < -0.4 is 5.32 Å². The molecule has 1 aromatic rings. The van der Waals surface area contributed by atoms with Gasteiger partial charge in [0.15, 0.2) is 0 Å². The summed E-state index contributed by atoms with van der Waals surface area (Å²) in [5.74, 6) is 0.0753. The average molecular weight is 403 g/mol. The molecule has 1 amide bonds. The Labute approximate surface area is 148 Å². The number of amides is 1. The molecule has 1 aromatic heterocycles. The van der Waals surface area contributed by atoms with Crippen molar-refractivity contribution in [3.05, 3.63) is 18.3 Å². The van der Waals surface area contributed by atoms with Gasteiger partial charge in [-0.3, -0.25) is 0 Å². The molecule has 0 atom stereocenters. The van der Waals surface area contributed by atoms with Gasteiger partial charge < -0.3 is 15.0 Å². The fourth-order valence-corrected chi connectivity index (χ4v) is 3.01. The van der Waals surface area contributed by atoms with E-state index >= 15 is 0 Å². The van der Waals surface area contributed by atoms with Crippen LogP contribution in [-0.4, -0.2) is 40.7 Å². The average Bonchev–Trinajstić information content (AvgIpc) is 2.44. The van der Waals surface area contributed by atoms with Crippen molar-refractivity contribution in [1.82, 2.24) is 9.88 Å². The van der Waals surface area contributed by atoms with Crippen molar-refractivity contribution in [3.63, 3.8) is 0 Å². The van der Waals surface area contributed by atoms with Crippen molar-refractivity contribution in [2.75, 3.05) is 18.4 Å². The third kappa shape index (κ3) is 5.89. The Morgan fingerprint density at radius 2 is 1.77 bits per heavy atom. The normalized spacial score (nSPS) is 19.5. The van der Waals surface area contributed by atoms with Crippen LogP contribution in [0.25, 0.3) is 0 Å². The van der Waals surface area contributed by atoms with Gasteiger partial charge in [-0.1, -0.05) is 19.4 Å². The van der Waals surface area contributed by atoms with Gasteiger partial charge in [0.2, 0.25) is 0 Å². The predicted molar refractivity (Wildman–Crippen MR) is 90.1 cm³/mol. The number of nitrogens with zero attached hydrogens (tertiary/aromatic N) is 2. The van der Waals surface area contributed by atoms with E-state index in [1.807, 2.05) is 0 Å². The lowest BCUT2D eigenvalue weighted by molar-refractivity contribution is 0.0210. The van der Waals surface area contributed by atoms with E-state index in [1.54, 1.807) is 25.7 Å². The summed E-state index contributed by atoms with van der Waals surface area (Å²) >= 11 is 0. The fourth-order valence-electron chi connectivity index (χ4n) is 2.44. The highest BCUT2D eigenvalue weighted by atomic mass is 32.5. The molecule has 1 N–H and O–H groups in total. The first-order chi connectivity index (χ1) is 11.5. The third-order valence-electron chi connectivity index (χ3n) is 3.68. The van der Waals surface area contributed by atoms with Gasteiger partial charge in [0.25, 0.3) is 0 Å². The van der Waals surface area contributed by atoms with E-state index in [1.165, 1.54) is 0 Å². The van der Waals surface area contributed by atoms with Crippen LogP contribution >= 0.6 is 10.2 Å². The van der Waals surface area contributed by atoms with Gasteiger partial charge in [-0.25, -0.2) is 9.78 Å². The standard InChI is InChI=1S/C15H22F5N3O2S/c1-15(2,3)25-14(24)23-8-6-11(7-9-23)22-13-5-4-12(10-21-13)26(16,17,18,19)20/h4-5,10-11H,6-9H2,1-3H3,(H,21,22). The molecule has 1 fully saturated rings. The lowest BCUT2D eigenvalue weighted by atomic mass is 10.1. The van der Waals surface area contributed by atoms with Crippen LogP contribution in [0.15, 0.2) is 23.2 Å². The van der Waals surface area contributed by atoms with Gasteiger partial charge >= 0.3 is 16.3 Å². The summed E-state index contributed by atoms with van der Waals surface area (Å²) in [5.41, 5.74) is -0.597. The van der Waals surface area contributed by atoms with Crippen LogP contribution in [0.4, 0.5) is 30.0 Å². The summed E-state index contributed by atoms with van der Waals surface area (Å²) in [5, 5.41) is 2.90. The molecule has 0 saturated carbocycles. The zero-order chi connectivity index (χ0) is 19.9. The molecule has 0 aromatic carbocycles. The monoisotopic (exact) mass is 403 g/mol. The first-order valence-electron chi connectivity index (χ1n) is 7.98. The second-order valence-corrected chi connectivity index (χ2v) is 9.64. The lowest BCUT2D eigenvalue weighted by Crippen LogP contribution is -2.44. The molecule has 0 unspecified atom stereocenters.